The molecule has 0 aliphatic carbocycles. The number of carbonyl (C=O) groups excluding carboxylic acids is 1. The summed E-state index contributed by atoms with van der Waals surface area (Å²) in [5, 5.41) is 3.15. The Labute approximate surface area is 119 Å². The van der Waals surface area contributed by atoms with Crippen molar-refractivity contribution in [3.05, 3.63) is 28.8 Å². The van der Waals surface area contributed by atoms with Crippen molar-refractivity contribution in [3.63, 3.8) is 0 Å². The topological polar surface area (TPSA) is 64.3 Å². The largest absolute Gasteiger partial charge is 0.444 e. The molecule has 0 bridgehead atoms. The number of aryl methyl sites for hydroxylation is 1. The van der Waals surface area contributed by atoms with Crippen molar-refractivity contribution in [2.75, 3.05) is 11.9 Å². The number of hydrogen-bond donors (Lipinski definition) is 2. The highest BCUT2D eigenvalue weighted by atomic mass is 35.5. The number of rotatable bonds is 4. The smallest absolute Gasteiger partial charge is 0.412 e. The molecule has 19 heavy (non-hydrogen) atoms. The average molecular weight is 285 g/mol. The van der Waals surface area contributed by atoms with Crippen LogP contribution in [-0.4, -0.2) is 18.2 Å². The first-order valence-corrected chi connectivity index (χ1v) is 6.68. The number of ether oxygens (including phenoxy) is 1. The summed E-state index contributed by atoms with van der Waals surface area (Å²) < 4.78 is 5.19. The number of carbonyl (C=O) groups is 1. The molecule has 3 N–H and O–H groups in total. The number of nitrogens with two attached hydrogens (primary N) is 1. The first-order valence-electron chi connectivity index (χ1n) is 6.30. The van der Waals surface area contributed by atoms with Crippen molar-refractivity contribution in [3.8, 4) is 0 Å². The lowest BCUT2D eigenvalue weighted by Gasteiger charge is -2.20. The molecule has 0 saturated carbocycles. The molecule has 1 amide bonds. The number of benzene rings is 1. The predicted molar refractivity (Wildman–Crippen MR) is 78.7 cm³/mol. The molecule has 0 atom stereocenters. The van der Waals surface area contributed by atoms with Crippen LogP contribution in [0.15, 0.2) is 18.2 Å². The number of amides is 1. The van der Waals surface area contributed by atoms with Gasteiger partial charge in [0.1, 0.15) is 5.60 Å². The van der Waals surface area contributed by atoms with Crippen LogP contribution >= 0.6 is 11.6 Å². The molecule has 0 unspecified atom stereocenters. The van der Waals surface area contributed by atoms with E-state index in [4.69, 9.17) is 22.1 Å². The van der Waals surface area contributed by atoms with E-state index in [2.05, 4.69) is 5.32 Å². The van der Waals surface area contributed by atoms with E-state index in [0.717, 1.165) is 18.4 Å². The van der Waals surface area contributed by atoms with E-state index in [1.54, 1.807) is 6.07 Å². The van der Waals surface area contributed by atoms with Gasteiger partial charge >= 0.3 is 6.09 Å². The third-order valence-electron chi connectivity index (χ3n) is 2.34. The zero-order chi connectivity index (χ0) is 14.5. The fraction of sp³-hybridized carbons (Fsp3) is 0.500. The van der Waals surface area contributed by atoms with Crippen molar-refractivity contribution >= 4 is 23.4 Å². The van der Waals surface area contributed by atoms with Crippen LogP contribution in [0, 0.1) is 0 Å². The molecule has 1 aromatic carbocycles. The predicted octanol–water partition coefficient (Wildman–Crippen LogP) is 3.58. The van der Waals surface area contributed by atoms with Crippen molar-refractivity contribution in [1.29, 1.82) is 0 Å². The van der Waals surface area contributed by atoms with Crippen molar-refractivity contribution in [2.45, 2.75) is 39.2 Å². The normalized spacial score (nSPS) is 11.2. The SMILES string of the molecule is CC(C)(C)OC(=O)Nc1cc(CCCN)ccc1Cl. The van der Waals surface area contributed by atoms with E-state index in [1.807, 2.05) is 32.9 Å². The lowest BCUT2D eigenvalue weighted by Crippen LogP contribution is -2.27. The lowest BCUT2D eigenvalue weighted by atomic mass is 10.1. The highest BCUT2D eigenvalue weighted by Gasteiger charge is 2.17. The first-order chi connectivity index (χ1) is 8.81. The van der Waals surface area contributed by atoms with Gasteiger partial charge in [0.25, 0.3) is 0 Å². The number of halogens is 1. The van der Waals surface area contributed by atoms with Crippen LogP contribution < -0.4 is 11.1 Å². The van der Waals surface area contributed by atoms with Gasteiger partial charge in [-0.05, 0) is 57.9 Å². The van der Waals surface area contributed by atoms with Gasteiger partial charge in [-0.3, -0.25) is 5.32 Å². The molecule has 5 heteroatoms. The molecule has 0 radical (unpaired) electrons. The highest BCUT2D eigenvalue weighted by Crippen LogP contribution is 2.24. The number of anilines is 1. The summed E-state index contributed by atoms with van der Waals surface area (Å²) in [4.78, 5) is 11.7. The van der Waals surface area contributed by atoms with Gasteiger partial charge in [-0.1, -0.05) is 17.7 Å². The van der Waals surface area contributed by atoms with Crippen LogP contribution in [0.3, 0.4) is 0 Å². The van der Waals surface area contributed by atoms with E-state index < -0.39 is 11.7 Å². The Morgan fingerprint density at radius 2 is 2.11 bits per heavy atom. The van der Waals surface area contributed by atoms with Crippen LogP contribution in [0.4, 0.5) is 10.5 Å². The van der Waals surface area contributed by atoms with Crippen LogP contribution in [0.1, 0.15) is 32.8 Å². The molecule has 0 aromatic heterocycles. The summed E-state index contributed by atoms with van der Waals surface area (Å²) in [6, 6.07) is 5.54. The van der Waals surface area contributed by atoms with Crippen LogP contribution in [0.25, 0.3) is 0 Å². The molecular weight excluding hydrogens is 264 g/mol. The second-order valence-corrected chi connectivity index (χ2v) is 5.74. The average Bonchev–Trinajstić information content (AvgIpc) is 2.27. The standard InChI is InChI=1S/C14H21ClN2O2/c1-14(2,3)19-13(18)17-12-9-10(5-4-8-16)6-7-11(12)15/h6-7,9H,4-5,8,16H2,1-3H3,(H,17,18). The zero-order valence-electron chi connectivity index (χ0n) is 11.6. The number of hydrogen-bond acceptors (Lipinski definition) is 3. The van der Waals surface area contributed by atoms with E-state index in [0.29, 0.717) is 17.3 Å². The van der Waals surface area contributed by atoms with E-state index in [1.165, 1.54) is 0 Å². The molecule has 0 heterocycles. The zero-order valence-corrected chi connectivity index (χ0v) is 12.4. The van der Waals surface area contributed by atoms with Crippen molar-refractivity contribution in [1.82, 2.24) is 0 Å². The summed E-state index contributed by atoms with van der Waals surface area (Å²) in [5.74, 6) is 0. The third kappa shape index (κ3) is 5.94. The summed E-state index contributed by atoms with van der Waals surface area (Å²) in [6.07, 6.45) is 1.25. The number of nitrogens with one attached hydrogen (secondary N) is 1. The van der Waals surface area contributed by atoms with Crippen LogP contribution in [0.5, 0.6) is 0 Å². The monoisotopic (exact) mass is 284 g/mol. The molecule has 1 rings (SSSR count). The van der Waals surface area contributed by atoms with Gasteiger partial charge in [-0.15, -0.1) is 0 Å². The van der Waals surface area contributed by atoms with Crippen LogP contribution in [-0.2, 0) is 11.2 Å². The van der Waals surface area contributed by atoms with Gasteiger partial charge in [-0.25, -0.2) is 4.79 Å². The quantitative estimate of drug-likeness (QED) is 0.888. The fourth-order valence-corrected chi connectivity index (χ4v) is 1.71. The molecule has 0 fully saturated rings. The minimum Gasteiger partial charge on any atom is -0.444 e. The van der Waals surface area contributed by atoms with Crippen molar-refractivity contribution < 1.29 is 9.53 Å². The Bertz CT molecular complexity index is 442. The van der Waals surface area contributed by atoms with Gasteiger partial charge in [-0.2, -0.15) is 0 Å². The lowest BCUT2D eigenvalue weighted by molar-refractivity contribution is 0.0636. The third-order valence-corrected chi connectivity index (χ3v) is 2.67. The highest BCUT2D eigenvalue weighted by molar-refractivity contribution is 6.33. The van der Waals surface area contributed by atoms with Gasteiger partial charge in [0.2, 0.25) is 0 Å². The van der Waals surface area contributed by atoms with Gasteiger partial charge in [0, 0.05) is 0 Å². The molecule has 0 aliphatic rings. The van der Waals surface area contributed by atoms with E-state index >= 15 is 0 Å². The van der Waals surface area contributed by atoms with Gasteiger partial charge < -0.3 is 10.5 Å². The second-order valence-electron chi connectivity index (χ2n) is 5.33. The molecular formula is C14H21ClN2O2. The Kier molecular flexibility index (Phi) is 5.63. The maximum absolute atomic E-state index is 11.7. The van der Waals surface area contributed by atoms with E-state index in [9.17, 15) is 4.79 Å². The summed E-state index contributed by atoms with van der Waals surface area (Å²) in [6.45, 7) is 6.07. The Morgan fingerprint density at radius 1 is 1.42 bits per heavy atom. The summed E-state index contributed by atoms with van der Waals surface area (Å²) in [7, 11) is 0. The Balaban J connectivity index is 2.73. The fourth-order valence-electron chi connectivity index (χ4n) is 1.54. The van der Waals surface area contributed by atoms with Crippen LogP contribution in [0.2, 0.25) is 5.02 Å². The molecule has 0 aliphatic heterocycles. The maximum atomic E-state index is 11.7. The molecule has 106 valence electrons. The minimum absolute atomic E-state index is 0.488. The summed E-state index contributed by atoms with van der Waals surface area (Å²) >= 11 is 6.05. The molecule has 4 nitrogen and oxygen atoms in total. The Hall–Kier alpha value is -1.26. The molecule has 0 saturated heterocycles. The Morgan fingerprint density at radius 3 is 2.68 bits per heavy atom. The summed E-state index contributed by atoms with van der Waals surface area (Å²) in [5.41, 5.74) is 6.59. The maximum Gasteiger partial charge on any atom is 0.412 e. The van der Waals surface area contributed by atoms with E-state index in [-0.39, 0.29) is 0 Å². The van der Waals surface area contributed by atoms with Crippen molar-refractivity contribution in [2.24, 2.45) is 5.73 Å². The second kappa shape index (κ2) is 6.78. The van der Waals surface area contributed by atoms with Gasteiger partial charge in [0.15, 0.2) is 0 Å². The minimum atomic E-state index is -0.534. The molecule has 0 spiro atoms. The molecule has 1 aromatic rings. The first kappa shape index (κ1) is 15.8. The van der Waals surface area contributed by atoms with Gasteiger partial charge in [0.05, 0.1) is 10.7 Å².